The number of hydrogen-bond acceptors (Lipinski definition) is 6. The van der Waals surface area contributed by atoms with Crippen LogP contribution < -0.4 is 9.47 Å². The van der Waals surface area contributed by atoms with Crippen LogP contribution in [0.3, 0.4) is 0 Å². The Morgan fingerprint density at radius 1 is 0.974 bits per heavy atom. The van der Waals surface area contributed by atoms with Crippen molar-refractivity contribution in [3.8, 4) is 11.5 Å². The maximum absolute atomic E-state index is 13.9. The third-order valence-corrected chi connectivity index (χ3v) is 8.40. The van der Waals surface area contributed by atoms with Gasteiger partial charge in [0.1, 0.15) is 13.2 Å². The molecule has 7 nitrogen and oxygen atoms in total. The van der Waals surface area contributed by atoms with E-state index in [1.165, 1.54) is 17.7 Å². The van der Waals surface area contributed by atoms with E-state index in [2.05, 4.69) is 16.3 Å². The molecule has 8 heteroatoms. The second kappa shape index (κ2) is 12.5. The van der Waals surface area contributed by atoms with Gasteiger partial charge in [-0.05, 0) is 73.6 Å². The molecule has 1 atom stereocenters. The van der Waals surface area contributed by atoms with Gasteiger partial charge in [-0.15, -0.1) is 11.3 Å². The number of hydrogen-bond donors (Lipinski definition) is 0. The standard InChI is InChI=1S/C30H35N3O4S/c1-36-26-11-5-6-12-27(26)37-22-25-24-14-20-38-28(24)13-17-33(25)29(34)21-32(19-18-31-15-7-8-16-31)30(35)23-9-3-2-4-10-23/h2-6,9-12,14,20,25H,7-8,13,15-19,21-22H2,1H3/t25-/m0/s1. The summed E-state index contributed by atoms with van der Waals surface area (Å²) in [7, 11) is 1.62. The molecule has 1 saturated heterocycles. The van der Waals surface area contributed by atoms with Crippen molar-refractivity contribution in [2.75, 3.05) is 53.0 Å². The highest BCUT2D eigenvalue weighted by atomic mass is 32.1. The number of carbonyl (C=O) groups excluding carboxylic acids is 2. The van der Waals surface area contributed by atoms with Crippen molar-refractivity contribution in [2.24, 2.45) is 0 Å². The lowest BCUT2D eigenvalue weighted by Gasteiger charge is -2.37. The SMILES string of the molecule is COc1ccccc1OC[C@H]1c2ccsc2CCN1C(=O)CN(CCN1CCCC1)C(=O)c1ccccc1. The van der Waals surface area contributed by atoms with E-state index in [0.717, 1.165) is 31.6 Å². The maximum atomic E-state index is 13.9. The summed E-state index contributed by atoms with van der Waals surface area (Å²) in [5.74, 6) is 1.15. The minimum Gasteiger partial charge on any atom is -0.493 e. The van der Waals surface area contributed by atoms with Gasteiger partial charge in [0.15, 0.2) is 11.5 Å². The van der Waals surface area contributed by atoms with Gasteiger partial charge < -0.3 is 24.2 Å². The first-order valence-corrected chi connectivity index (χ1v) is 14.2. The molecule has 0 saturated carbocycles. The molecule has 2 aromatic carbocycles. The zero-order valence-electron chi connectivity index (χ0n) is 21.9. The number of methoxy groups -OCH3 is 1. The molecule has 1 fully saturated rings. The fraction of sp³-hybridized carbons (Fsp3) is 0.400. The van der Waals surface area contributed by atoms with Gasteiger partial charge in [0.25, 0.3) is 5.91 Å². The molecule has 200 valence electrons. The molecular formula is C30H35N3O4S. The van der Waals surface area contributed by atoms with Gasteiger partial charge >= 0.3 is 0 Å². The van der Waals surface area contributed by atoms with Crippen LogP contribution in [0, 0.1) is 0 Å². The van der Waals surface area contributed by atoms with Crippen LogP contribution in [0.4, 0.5) is 0 Å². The molecule has 0 aliphatic carbocycles. The number of ether oxygens (including phenoxy) is 2. The van der Waals surface area contributed by atoms with Gasteiger partial charge in [-0.2, -0.15) is 0 Å². The monoisotopic (exact) mass is 533 g/mol. The summed E-state index contributed by atoms with van der Waals surface area (Å²) in [5.41, 5.74) is 1.74. The zero-order valence-corrected chi connectivity index (χ0v) is 22.7. The summed E-state index contributed by atoms with van der Waals surface area (Å²) in [4.78, 5) is 34.6. The summed E-state index contributed by atoms with van der Waals surface area (Å²) in [5, 5.41) is 2.08. The van der Waals surface area contributed by atoms with Gasteiger partial charge in [-0.3, -0.25) is 9.59 Å². The first-order valence-electron chi connectivity index (χ1n) is 13.3. The summed E-state index contributed by atoms with van der Waals surface area (Å²) in [6, 6.07) is 18.7. The molecule has 0 N–H and O–H groups in total. The van der Waals surface area contributed by atoms with E-state index in [1.807, 2.05) is 59.5 Å². The molecule has 0 spiro atoms. The van der Waals surface area contributed by atoms with Gasteiger partial charge in [0.05, 0.1) is 13.2 Å². The Labute approximate surface area is 228 Å². The number of para-hydroxylation sites is 2. The van der Waals surface area contributed by atoms with Crippen LogP contribution in [0.25, 0.3) is 0 Å². The molecule has 0 radical (unpaired) electrons. The van der Waals surface area contributed by atoms with E-state index < -0.39 is 0 Å². The van der Waals surface area contributed by atoms with Crippen LogP contribution in [-0.2, 0) is 11.2 Å². The molecule has 1 aromatic heterocycles. The second-order valence-electron chi connectivity index (χ2n) is 9.76. The number of thiophene rings is 1. The van der Waals surface area contributed by atoms with Crippen LogP contribution in [0.1, 0.15) is 39.7 Å². The second-order valence-corrected chi connectivity index (χ2v) is 10.8. The van der Waals surface area contributed by atoms with Crippen molar-refractivity contribution < 1.29 is 19.1 Å². The first kappa shape index (κ1) is 26.3. The normalized spacial score (nSPS) is 17.2. The van der Waals surface area contributed by atoms with E-state index in [4.69, 9.17) is 9.47 Å². The van der Waals surface area contributed by atoms with E-state index in [-0.39, 0.29) is 24.4 Å². The van der Waals surface area contributed by atoms with Crippen LogP contribution >= 0.6 is 11.3 Å². The van der Waals surface area contributed by atoms with E-state index >= 15 is 0 Å². The van der Waals surface area contributed by atoms with Gasteiger partial charge in [-0.1, -0.05) is 30.3 Å². The minimum absolute atomic E-state index is 0.0478. The van der Waals surface area contributed by atoms with Crippen molar-refractivity contribution in [1.29, 1.82) is 0 Å². The number of rotatable bonds is 10. The highest BCUT2D eigenvalue weighted by molar-refractivity contribution is 7.10. The highest BCUT2D eigenvalue weighted by Crippen LogP contribution is 2.35. The van der Waals surface area contributed by atoms with Gasteiger partial charge in [0, 0.05) is 30.1 Å². The average Bonchev–Trinajstić information content (AvgIpc) is 3.66. The fourth-order valence-corrected chi connectivity index (χ4v) is 6.25. The van der Waals surface area contributed by atoms with Crippen LogP contribution in [0.2, 0.25) is 0 Å². The number of likely N-dealkylation sites (tertiary alicyclic amines) is 1. The molecule has 2 aliphatic rings. The Hall–Kier alpha value is -3.36. The smallest absolute Gasteiger partial charge is 0.254 e. The third kappa shape index (κ3) is 6.03. The lowest BCUT2D eigenvalue weighted by Crippen LogP contribution is -2.49. The summed E-state index contributed by atoms with van der Waals surface area (Å²) < 4.78 is 11.7. The number of nitrogens with zero attached hydrogens (tertiary/aromatic N) is 3. The van der Waals surface area contributed by atoms with Crippen LogP contribution in [-0.4, -0.2) is 79.5 Å². The Balaban J connectivity index is 1.33. The Morgan fingerprint density at radius 2 is 1.71 bits per heavy atom. The predicted molar refractivity (Wildman–Crippen MR) is 149 cm³/mol. The van der Waals surface area contributed by atoms with E-state index in [0.29, 0.717) is 36.8 Å². The Kier molecular flexibility index (Phi) is 8.61. The van der Waals surface area contributed by atoms with Crippen molar-refractivity contribution in [3.63, 3.8) is 0 Å². The number of amides is 2. The number of fused-ring (bicyclic) bond motifs is 1. The fourth-order valence-electron chi connectivity index (χ4n) is 5.32. The lowest BCUT2D eigenvalue weighted by molar-refractivity contribution is -0.135. The van der Waals surface area contributed by atoms with Crippen LogP contribution in [0.15, 0.2) is 66.0 Å². The Morgan fingerprint density at radius 3 is 2.47 bits per heavy atom. The quantitative estimate of drug-likeness (QED) is 0.384. The average molecular weight is 534 g/mol. The molecule has 5 rings (SSSR count). The highest BCUT2D eigenvalue weighted by Gasteiger charge is 2.34. The molecule has 0 unspecified atom stereocenters. The molecule has 0 bridgehead atoms. The topological polar surface area (TPSA) is 62.3 Å². The van der Waals surface area contributed by atoms with Crippen molar-refractivity contribution in [3.05, 3.63) is 82.0 Å². The molecule has 2 amide bonds. The summed E-state index contributed by atoms with van der Waals surface area (Å²) >= 11 is 1.72. The lowest BCUT2D eigenvalue weighted by atomic mass is 10.0. The van der Waals surface area contributed by atoms with E-state index in [9.17, 15) is 9.59 Å². The number of carbonyl (C=O) groups is 2. The minimum atomic E-state index is -0.227. The third-order valence-electron chi connectivity index (χ3n) is 7.40. The molecule has 38 heavy (non-hydrogen) atoms. The van der Waals surface area contributed by atoms with Crippen molar-refractivity contribution >= 4 is 23.2 Å². The zero-order chi connectivity index (χ0) is 26.3. The van der Waals surface area contributed by atoms with Crippen molar-refractivity contribution in [1.82, 2.24) is 14.7 Å². The Bertz CT molecular complexity index is 1230. The van der Waals surface area contributed by atoms with Crippen molar-refractivity contribution in [2.45, 2.75) is 25.3 Å². The van der Waals surface area contributed by atoms with E-state index in [1.54, 1.807) is 23.3 Å². The predicted octanol–water partition coefficient (Wildman–Crippen LogP) is 4.50. The number of benzene rings is 2. The molecule has 3 aromatic rings. The summed E-state index contributed by atoms with van der Waals surface area (Å²) in [6.07, 6.45) is 3.19. The summed E-state index contributed by atoms with van der Waals surface area (Å²) in [6.45, 7) is 4.38. The van der Waals surface area contributed by atoms with Gasteiger partial charge in [-0.25, -0.2) is 0 Å². The van der Waals surface area contributed by atoms with Crippen LogP contribution in [0.5, 0.6) is 11.5 Å². The molecule has 2 aliphatic heterocycles. The molecule has 3 heterocycles. The first-order chi connectivity index (χ1) is 18.6. The largest absolute Gasteiger partial charge is 0.493 e. The maximum Gasteiger partial charge on any atom is 0.254 e. The molecular weight excluding hydrogens is 498 g/mol. The van der Waals surface area contributed by atoms with Gasteiger partial charge in [0.2, 0.25) is 5.91 Å².